The standard InChI is InChI=1S/C13H18N4O2/c1-2-19-10-6-3-5-9-12(10)16-13(15)17(9)8-4-7-11(14)18/h3,5-6H,2,4,7-8H2,1H3,(H2,14,18)(H2,15,16). The summed E-state index contributed by atoms with van der Waals surface area (Å²) in [6, 6.07) is 5.70. The molecule has 1 aromatic heterocycles. The summed E-state index contributed by atoms with van der Waals surface area (Å²) in [5.74, 6) is 0.838. The van der Waals surface area contributed by atoms with Crippen molar-refractivity contribution in [3.05, 3.63) is 18.2 Å². The lowest BCUT2D eigenvalue weighted by atomic mass is 10.2. The fraction of sp³-hybridized carbons (Fsp3) is 0.385. The number of hydrogen-bond donors (Lipinski definition) is 2. The molecule has 6 nitrogen and oxygen atoms in total. The summed E-state index contributed by atoms with van der Waals surface area (Å²) in [7, 11) is 0. The Balaban J connectivity index is 2.31. The number of nitrogens with zero attached hydrogens (tertiary/aromatic N) is 2. The van der Waals surface area contributed by atoms with Gasteiger partial charge in [-0.3, -0.25) is 4.79 Å². The number of aryl methyl sites for hydroxylation is 1. The molecular formula is C13H18N4O2. The van der Waals surface area contributed by atoms with E-state index < -0.39 is 0 Å². The molecule has 0 fully saturated rings. The molecule has 0 spiro atoms. The maximum Gasteiger partial charge on any atom is 0.217 e. The third-order valence-corrected chi connectivity index (χ3v) is 2.88. The Hall–Kier alpha value is -2.24. The number of para-hydroxylation sites is 1. The molecule has 0 bridgehead atoms. The first-order valence-corrected chi connectivity index (χ1v) is 6.29. The Bertz CT molecular complexity index is 592. The fourth-order valence-electron chi connectivity index (χ4n) is 2.06. The normalized spacial score (nSPS) is 10.8. The van der Waals surface area contributed by atoms with Crippen molar-refractivity contribution in [3.8, 4) is 5.75 Å². The number of benzene rings is 1. The zero-order valence-corrected chi connectivity index (χ0v) is 10.9. The predicted octanol–water partition coefficient (Wildman–Crippen LogP) is 1.28. The van der Waals surface area contributed by atoms with Crippen LogP contribution >= 0.6 is 0 Å². The molecule has 6 heteroatoms. The number of nitrogen functional groups attached to an aromatic ring is 1. The fourth-order valence-corrected chi connectivity index (χ4v) is 2.06. The number of imidazole rings is 1. The number of primary amides is 1. The quantitative estimate of drug-likeness (QED) is 0.819. The second-order valence-electron chi connectivity index (χ2n) is 4.25. The molecular weight excluding hydrogens is 244 g/mol. The summed E-state index contributed by atoms with van der Waals surface area (Å²) in [5, 5.41) is 0. The Morgan fingerprint density at radius 2 is 2.26 bits per heavy atom. The number of ether oxygens (including phenoxy) is 1. The van der Waals surface area contributed by atoms with Crippen molar-refractivity contribution >= 4 is 22.9 Å². The molecule has 0 atom stereocenters. The minimum Gasteiger partial charge on any atom is -0.492 e. The highest BCUT2D eigenvalue weighted by Gasteiger charge is 2.12. The van der Waals surface area contributed by atoms with Gasteiger partial charge in [-0.05, 0) is 25.5 Å². The molecule has 102 valence electrons. The van der Waals surface area contributed by atoms with Crippen LogP contribution in [0.4, 0.5) is 5.95 Å². The van der Waals surface area contributed by atoms with Crippen LogP contribution in [0.1, 0.15) is 19.8 Å². The second-order valence-corrected chi connectivity index (χ2v) is 4.25. The molecule has 0 radical (unpaired) electrons. The van der Waals surface area contributed by atoms with E-state index in [0.717, 1.165) is 16.8 Å². The highest BCUT2D eigenvalue weighted by Crippen LogP contribution is 2.27. The second kappa shape index (κ2) is 5.60. The first-order valence-electron chi connectivity index (χ1n) is 6.29. The summed E-state index contributed by atoms with van der Waals surface area (Å²) in [4.78, 5) is 15.1. The molecule has 1 heterocycles. The Morgan fingerprint density at radius 3 is 2.95 bits per heavy atom. The number of nitrogens with two attached hydrogens (primary N) is 2. The Morgan fingerprint density at radius 1 is 1.47 bits per heavy atom. The van der Waals surface area contributed by atoms with Gasteiger partial charge in [-0.2, -0.15) is 0 Å². The minimum absolute atomic E-state index is 0.307. The van der Waals surface area contributed by atoms with Gasteiger partial charge in [-0.1, -0.05) is 6.07 Å². The third kappa shape index (κ3) is 2.78. The van der Waals surface area contributed by atoms with Crippen LogP contribution in [0.5, 0.6) is 5.75 Å². The summed E-state index contributed by atoms with van der Waals surface area (Å²) >= 11 is 0. The SMILES string of the molecule is CCOc1cccc2c1nc(N)n2CCCC(N)=O. The Labute approximate surface area is 111 Å². The van der Waals surface area contributed by atoms with Crippen LogP contribution in [0, 0.1) is 0 Å². The topological polar surface area (TPSA) is 96.2 Å². The number of rotatable bonds is 6. The maximum atomic E-state index is 10.8. The number of anilines is 1. The van der Waals surface area contributed by atoms with Crippen molar-refractivity contribution in [3.63, 3.8) is 0 Å². The van der Waals surface area contributed by atoms with Crippen LogP contribution in [0.2, 0.25) is 0 Å². The average molecular weight is 262 g/mol. The molecule has 0 saturated carbocycles. The summed E-state index contributed by atoms with van der Waals surface area (Å²) < 4.78 is 7.40. The van der Waals surface area contributed by atoms with Crippen LogP contribution < -0.4 is 16.2 Å². The molecule has 0 unspecified atom stereocenters. The monoisotopic (exact) mass is 262 g/mol. The van der Waals surface area contributed by atoms with Crippen LogP contribution in [0.15, 0.2) is 18.2 Å². The van der Waals surface area contributed by atoms with E-state index in [0.29, 0.717) is 31.9 Å². The van der Waals surface area contributed by atoms with Crippen LogP contribution in [0.25, 0.3) is 11.0 Å². The van der Waals surface area contributed by atoms with Gasteiger partial charge in [-0.25, -0.2) is 4.98 Å². The van der Waals surface area contributed by atoms with E-state index in [9.17, 15) is 4.79 Å². The zero-order valence-electron chi connectivity index (χ0n) is 10.9. The van der Waals surface area contributed by atoms with E-state index >= 15 is 0 Å². The largest absolute Gasteiger partial charge is 0.492 e. The number of hydrogen-bond acceptors (Lipinski definition) is 4. The molecule has 19 heavy (non-hydrogen) atoms. The van der Waals surface area contributed by atoms with E-state index in [1.807, 2.05) is 29.7 Å². The molecule has 0 aliphatic rings. The van der Waals surface area contributed by atoms with Gasteiger partial charge in [-0.15, -0.1) is 0 Å². The van der Waals surface area contributed by atoms with Crippen molar-refractivity contribution in [2.24, 2.45) is 5.73 Å². The highest BCUT2D eigenvalue weighted by atomic mass is 16.5. The molecule has 2 rings (SSSR count). The van der Waals surface area contributed by atoms with Crippen LogP contribution in [-0.4, -0.2) is 22.1 Å². The number of carbonyl (C=O) groups excluding carboxylic acids is 1. The highest BCUT2D eigenvalue weighted by molar-refractivity contribution is 5.84. The molecule has 1 aromatic carbocycles. The van der Waals surface area contributed by atoms with E-state index in [1.54, 1.807) is 0 Å². The molecule has 2 aromatic rings. The number of carbonyl (C=O) groups is 1. The van der Waals surface area contributed by atoms with Crippen LogP contribution in [0.3, 0.4) is 0 Å². The van der Waals surface area contributed by atoms with Crippen molar-refractivity contribution < 1.29 is 9.53 Å². The van der Waals surface area contributed by atoms with Gasteiger partial charge in [0.15, 0.2) is 0 Å². The van der Waals surface area contributed by atoms with Gasteiger partial charge in [0.2, 0.25) is 11.9 Å². The van der Waals surface area contributed by atoms with Crippen molar-refractivity contribution in [1.82, 2.24) is 9.55 Å². The summed E-state index contributed by atoms with van der Waals surface area (Å²) in [6.07, 6.45) is 0.980. The van der Waals surface area contributed by atoms with Gasteiger partial charge in [0.05, 0.1) is 12.1 Å². The number of fused-ring (bicyclic) bond motifs is 1. The lowest BCUT2D eigenvalue weighted by Crippen LogP contribution is -2.12. The first kappa shape index (κ1) is 13.2. The van der Waals surface area contributed by atoms with Gasteiger partial charge < -0.3 is 20.8 Å². The number of amides is 1. The first-order chi connectivity index (χ1) is 9.13. The summed E-state index contributed by atoms with van der Waals surface area (Å²) in [6.45, 7) is 3.11. The average Bonchev–Trinajstić information content (AvgIpc) is 2.67. The molecule has 0 aliphatic carbocycles. The van der Waals surface area contributed by atoms with Crippen molar-refractivity contribution in [2.45, 2.75) is 26.3 Å². The van der Waals surface area contributed by atoms with E-state index in [1.165, 1.54) is 0 Å². The lowest BCUT2D eigenvalue weighted by Gasteiger charge is -2.06. The Kier molecular flexibility index (Phi) is 3.89. The smallest absolute Gasteiger partial charge is 0.217 e. The van der Waals surface area contributed by atoms with E-state index in [-0.39, 0.29) is 5.91 Å². The number of aromatic nitrogens is 2. The molecule has 0 aliphatic heterocycles. The predicted molar refractivity (Wildman–Crippen MR) is 73.7 cm³/mol. The summed E-state index contributed by atoms with van der Waals surface area (Å²) in [5.41, 5.74) is 12.7. The van der Waals surface area contributed by atoms with Crippen molar-refractivity contribution in [2.75, 3.05) is 12.3 Å². The van der Waals surface area contributed by atoms with Crippen molar-refractivity contribution in [1.29, 1.82) is 0 Å². The van der Waals surface area contributed by atoms with Gasteiger partial charge in [0.1, 0.15) is 11.3 Å². The van der Waals surface area contributed by atoms with E-state index in [4.69, 9.17) is 16.2 Å². The van der Waals surface area contributed by atoms with Gasteiger partial charge in [0, 0.05) is 13.0 Å². The third-order valence-electron chi connectivity index (χ3n) is 2.88. The lowest BCUT2D eigenvalue weighted by molar-refractivity contribution is -0.118. The minimum atomic E-state index is -0.307. The zero-order chi connectivity index (χ0) is 13.8. The molecule has 1 amide bonds. The van der Waals surface area contributed by atoms with Crippen LogP contribution in [-0.2, 0) is 11.3 Å². The maximum absolute atomic E-state index is 10.8. The van der Waals surface area contributed by atoms with Gasteiger partial charge in [0.25, 0.3) is 0 Å². The van der Waals surface area contributed by atoms with E-state index in [2.05, 4.69) is 4.98 Å². The van der Waals surface area contributed by atoms with Gasteiger partial charge >= 0.3 is 0 Å². The molecule has 4 N–H and O–H groups in total. The molecule has 0 saturated heterocycles.